The average Bonchev–Trinajstić information content (AvgIpc) is 2.13. The molecule has 0 bridgehead atoms. The van der Waals surface area contributed by atoms with Crippen molar-refractivity contribution >= 4 is 0 Å². The van der Waals surface area contributed by atoms with Gasteiger partial charge in [0, 0.05) is 18.3 Å². The van der Waals surface area contributed by atoms with Gasteiger partial charge in [0.15, 0.2) is 5.79 Å². The van der Waals surface area contributed by atoms with Crippen molar-refractivity contribution in [3.63, 3.8) is 0 Å². The minimum Gasteiger partial charge on any atom is -0.347 e. The van der Waals surface area contributed by atoms with Gasteiger partial charge in [0.1, 0.15) is 0 Å². The molecule has 0 aromatic carbocycles. The van der Waals surface area contributed by atoms with Crippen molar-refractivity contribution in [3.05, 3.63) is 0 Å². The van der Waals surface area contributed by atoms with E-state index in [0.29, 0.717) is 6.42 Å². The van der Waals surface area contributed by atoms with Gasteiger partial charge in [-0.25, -0.2) is 0 Å². The van der Waals surface area contributed by atoms with Crippen LogP contribution >= 0.6 is 0 Å². The van der Waals surface area contributed by atoms with Gasteiger partial charge in [-0.05, 0) is 39.5 Å². The lowest BCUT2D eigenvalue weighted by molar-refractivity contribution is -0.309. The summed E-state index contributed by atoms with van der Waals surface area (Å²) in [5.41, 5.74) is 0. The average molecular weight is 188 g/mol. The molecule has 0 aromatic heterocycles. The van der Waals surface area contributed by atoms with Crippen LogP contribution in [0.5, 0.6) is 0 Å². The largest absolute Gasteiger partial charge is 0.347 e. The molecule has 1 unspecified atom stereocenters. The lowest BCUT2D eigenvalue weighted by atomic mass is 9.93. The van der Waals surface area contributed by atoms with Crippen LogP contribution in [0.3, 0.4) is 0 Å². The third-order valence-corrected chi connectivity index (χ3v) is 2.57. The Morgan fingerprint density at radius 3 is 2.62 bits per heavy atom. The Bertz CT molecular complexity index is 304. The third kappa shape index (κ3) is 2.05. The lowest BCUT2D eigenvalue weighted by Crippen LogP contribution is -2.46. The number of rotatable bonds is 0. The molecule has 2 rings (SSSR count). The summed E-state index contributed by atoms with van der Waals surface area (Å²) in [6.45, 7) is 3.66. The Balaban J connectivity index is 2.36. The summed E-state index contributed by atoms with van der Waals surface area (Å²) >= 11 is 0. The maximum Gasteiger partial charge on any atom is 0.168 e. The van der Waals surface area contributed by atoms with Gasteiger partial charge in [-0.3, -0.25) is 0 Å². The number of hydrogen-bond acceptors (Lipinski definition) is 2. The molecule has 3 atom stereocenters. The van der Waals surface area contributed by atoms with E-state index in [2.05, 4.69) is 0 Å². The van der Waals surface area contributed by atoms with E-state index in [9.17, 15) is 0 Å². The standard InChI is InChI=1S/C11H20O2/c1-9-5-3-7-11(12-9)8-4-6-10(2)13-11/h9-10H,3-8H2,1-2H3/t9-,10+,11?/i3D2,7D2/m0/s1. The fourth-order valence-corrected chi connectivity index (χ4v) is 1.97. The fraction of sp³-hybridized carbons (Fsp3) is 1.00. The van der Waals surface area contributed by atoms with Crippen LogP contribution in [0.1, 0.15) is 57.8 Å². The highest BCUT2D eigenvalue weighted by molar-refractivity contribution is 4.81. The monoisotopic (exact) mass is 188 g/mol. The summed E-state index contributed by atoms with van der Waals surface area (Å²) in [5, 5.41) is 0. The number of ether oxygens (including phenoxy) is 2. The first-order valence-electron chi connectivity index (χ1n) is 7.06. The van der Waals surface area contributed by atoms with Crippen LogP contribution in [0, 0.1) is 0 Å². The Morgan fingerprint density at radius 2 is 1.92 bits per heavy atom. The molecule has 13 heavy (non-hydrogen) atoms. The molecule has 2 fully saturated rings. The first-order chi connectivity index (χ1) is 7.70. The van der Waals surface area contributed by atoms with Gasteiger partial charge in [0.25, 0.3) is 0 Å². The highest BCUT2D eigenvalue weighted by Gasteiger charge is 2.40. The normalized spacial score (nSPS) is 58.9. The Morgan fingerprint density at radius 1 is 1.23 bits per heavy atom. The Labute approximate surface area is 86.2 Å². The zero-order chi connectivity index (χ0) is 12.9. The quantitative estimate of drug-likeness (QED) is 0.582. The van der Waals surface area contributed by atoms with E-state index in [1.54, 1.807) is 6.92 Å². The summed E-state index contributed by atoms with van der Waals surface area (Å²) in [7, 11) is 0. The molecule has 2 nitrogen and oxygen atoms in total. The third-order valence-electron chi connectivity index (χ3n) is 2.57. The maximum absolute atomic E-state index is 8.09. The second-order valence-corrected chi connectivity index (χ2v) is 4.01. The Hall–Kier alpha value is -0.0800. The molecule has 0 saturated carbocycles. The van der Waals surface area contributed by atoms with E-state index < -0.39 is 18.5 Å². The van der Waals surface area contributed by atoms with Crippen LogP contribution in [-0.4, -0.2) is 18.0 Å². The molecule has 0 radical (unpaired) electrons. The van der Waals surface area contributed by atoms with Gasteiger partial charge in [-0.15, -0.1) is 0 Å². The predicted octanol–water partition coefficient (Wildman–Crippen LogP) is 2.86. The zero-order valence-corrected chi connectivity index (χ0v) is 8.30. The minimum atomic E-state index is -2.11. The van der Waals surface area contributed by atoms with Gasteiger partial charge in [-0.1, -0.05) is 0 Å². The summed E-state index contributed by atoms with van der Waals surface area (Å²) in [5.74, 6) is -1.41. The molecule has 0 aliphatic carbocycles. The molecular weight excluding hydrogens is 164 g/mol. The van der Waals surface area contributed by atoms with Gasteiger partial charge >= 0.3 is 0 Å². The zero-order valence-electron chi connectivity index (χ0n) is 12.3. The summed E-state index contributed by atoms with van der Waals surface area (Å²) in [6.07, 6.45) is -2.25. The van der Waals surface area contributed by atoms with E-state index in [0.717, 1.165) is 12.8 Å². The second kappa shape index (κ2) is 3.58. The van der Waals surface area contributed by atoms with Crippen LogP contribution in [0.25, 0.3) is 0 Å². The van der Waals surface area contributed by atoms with Crippen LogP contribution in [0.2, 0.25) is 0 Å². The summed E-state index contributed by atoms with van der Waals surface area (Å²) in [4.78, 5) is 0. The highest BCUT2D eigenvalue weighted by Crippen LogP contribution is 2.38. The van der Waals surface area contributed by atoms with E-state index >= 15 is 0 Å². The molecule has 0 N–H and O–H groups in total. The van der Waals surface area contributed by atoms with E-state index in [1.165, 1.54) is 0 Å². The fourth-order valence-electron chi connectivity index (χ4n) is 1.97. The lowest BCUT2D eigenvalue weighted by Gasteiger charge is -2.44. The summed E-state index contributed by atoms with van der Waals surface area (Å²) < 4.78 is 43.4. The van der Waals surface area contributed by atoms with Crippen molar-refractivity contribution in [1.29, 1.82) is 0 Å². The second-order valence-electron chi connectivity index (χ2n) is 4.01. The van der Waals surface area contributed by atoms with Crippen LogP contribution < -0.4 is 0 Å². The van der Waals surface area contributed by atoms with Crippen molar-refractivity contribution in [3.8, 4) is 0 Å². The van der Waals surface area contributed by atoms with Crippen molar-refractivity contribution in [1.82, 2.24) is 0 Å². The van der Waals surface area contributed by atoms with Crippen molar-refractivity contribution < 1.29 is 15.0 Å². The predicted molar refractivity (Wildman–Crippen MR) is 51.5 cm³/mol. The van der Waals surface area contributed by atoms with Crippen molar-refractivity contribution in [2.45, 2.75) is 70.3 Å². The SMILES string of the molecule is [2H]C1([2H])C[C@H](C)OC2(CCC[C@@H](C)O2)C1([2H])[2H]. The topological polar surface area (TPSA) is 18.5 Å². The molecule has 0 amide bonds. The molecular formula is C11H20O2. The molecule has 1 spiro atoms. The molecule has 2 heterocycles. The summed E-state index contributed by atoms with van der Waals surface area (Å²) in [6, 6.07) is 0. The highest BCUT2D eigenvalue weighted by atomic mass is 16.7. The smallest absolute Gasteiger partial charge is 0.168 e. The van der Waals surface area contributed by atoms with Crippen LogP contribution in [0.4, 0.5) is 0 Å². The first kappa shape index (κ1) is 5.72. The Kier molecular flexibility index (Phi) is 1.58. The molecule has 2 saturated heterocycles. The van der Waals surface area contributed by atoms with Crippen LogP contribution in [0.15, 0.2) is 0 Å². The minimum absolute atomic E-state index is 0.0689. The van der Waals surface area contributed by atoms with E-state index in [1.807, 2.05) is 6.92 Å². The van der Waals surface area contributed by atoms with Crippen LogP contribution in [-0.2, 0) is 9.47 Å². The van der Waals surface area contributed by atoms with E-state index in [4.69, 9.17) is 15.0 Å². The van der Waals surface area contributed by atoms with E-state index in [-0.39, 0.29) is 18.6 Å². The molecule has 2 aliphatic rings. The maximum atomic E-state index is 8.09. The molecule has 76 valence electrons. The van der Waals surface area contributed by atoms with Gasteiger partial charge < -0.3 is 9.47 Å². The number of hydrogen-bond donors (Lipinski definition) is 0. The van der Waals surface area contributed by atoms with Gasteiger partial charge in [0.05, 0.1) is 12.2 Å². The van der Waals surface area contributed by atoms with Gasteiger partial charge in [0.2, 0.25) is 0 Å². The van der Waals surface area contributed by atoms with Gasteiger partial charge in [-0.2, -0.15) is 0 Å². The first-order valence-corrected chi connectivity index (χ1v) is 5.06. The van der Waals surface area contributed by atoms with Crippen molar-refractivity contribution in [2.75, 3.05) is 0 Å². The molecule has 2 heteroatoms. The van der Waals surface area contributed by atoms with Crippen molar-refractivity contribution in [2.24, 2.45) is 0 Å². The molecule has 2 aliphatic heterocycles. The molecule has 0 aromatic rings.